The Morgan fingerprint density at radius 3 is 2.88 bits per heavy atom. The summed E-state index contributed by atoms with van der Waals surface area (Å²) in [6.45, 7) is 0.552. The quantitative estimate of drug-likeness (QED) is 0.889. The topological polar surface area (TPSA) is 61.4 Å². The van der Waals surface area contributed by atoms with Gasteiger partial charge in [0.25, 0.3) is 5.91 Å². The van der Waals surface area contributed by atoms with Crippen molar-refractivity contribution in [2.75, 3.05) is 16.8 Å². The van der Waals surface area contributed by atoms with Gasteiger partial charge in [-0.3, -0.25) is 9.59 Å². The van der Waals surface area contributed by atoms with Gasteiger partial charge >= 0.3 is 0 Å². The Morgan fingerprint density at radius 2 is 2.04 bits per heavy atom. The van der Waals surface area contributed by atoms with E-state index in [0.29, 0.717) is 13.0 Å². The first-order chi connectivity index (χ1) is 11.6. The van der Waals surface area contributed by atoms with Crippen molar-refractivity contribution in [1.82, 2.24) is 5.32 Å². The Labute approximate surface area is 138 Å². The van der Waals surface area contributed by atoms with Crippen molar-refractivity contribution in [3.05, 3.63) is 59.9 Å². The molecule has 4 rings (SSSR count). The van der Waals surface area contributed by atoms with Gasteiger partial charge in [-0.1, -0.05) is 18.2 Å². The number of nitrogens with one attached hydrogen (secondary N) is 2. The maximum absolute atomic E-state index is 13.3. The third-order valence-corrected chi connectivity index (χ3v) is 4.50. The van der Waals surface area contributed by atoms with Crippen LogP contribution in [0, 0.1) is 5.82 Å². The van der Waals surface area contributed by atoms with Crippen LogP contribution in [0.1, 0.15) is 16.8 Å². The van der Waals surface area contributed by atoms with Crippen LogP contribution in [0.15, 0.2) is 48.5 Å². The van der Waals surface area contributed by atoms with E-state index in [1.165, 1.54) is 18.2 Å². The number of hydrogen-bond acceptors (Lipinski definition) is 3. The van der Waals surface area contributed by atoms with Crippen molar-refractivity contribution >= 4 is 23.2 Å². The van der Waals surface area contributed by atoms with Crippen molar-refractivity contribution in [2.24, 2.45) is 0 Å². The van der Waals surface area contributed by atoms with E-state index in [1.807, 2.05) is 29.2 Å². The summed E-state index contributed by atoms with van der Waals surface area (Å²) >= 11 is 0. The largest absolute Gasteiger partial charge is 0.356 e. The summed E-state index contributed by atoms with van der Waals surface area (Å²) in [4.78, 5) is 26.6. The van der Waals surface area contributed by atoms with E-state index in [-0.39, 0.29) is 29.5 Å². The number of benzene rings is 2. The van der Waals surface area contributed by atoms with Crippen LogP contribution in [0.2, 0.25) is 0 Å². The predicted octanol–water partition coefficient (Wildman–Crippen LogP) is 2.16. The third kappa shape index (κ3) is 2.50. The number of para-hydroxylation sites is 2. The van der Waals surface area contributed by atoms with E-state index in [1.54, 1.807) is 6.07 Å². The van der Waals surface area contributed by atoms with Crippen molar-refractivity contribution in [3.8, 4) is 0 Å². The molecule has 2 amide bonds. The van der Waals surface area contributed by atoms with E-state index >= 15 is 0 Å². The number of carbonyl (C=O) groups is 2. The molecular weight excluding hydrogens is 309 g/mol. The molecule has 0 aliphatic carbocycles. The summed E-state index contributed by atoms with van der Waals surface area (Å²) in [6, 6.07) is 12.7. The van der Waals surface area contributed by atoms with Crippen molar-refractivity contribution in [3.63, 3.8) is 0 Å². The lowest BCUT2D eigenvalue weighted by molar-refractivity contribution is -0.117. The average molecular weight is 325 g/mol. The molecule has 2 atom stereocenters. The zero-order valence-corrected chi connectivity index (χ0v) is 12.8. The molecule has 2 aromatic carbocycles. The first-order valence-electron chi connectivity index (χ1n) is 7.85. The van der Waals surface area contributed by atoms with Crippen LogP contribution in [-0.4, -0.2) is 30.4 Å². The molecule has 0 bridgehead atoms. The van der Waals surface area contributed by atoms with Crippen molar-refractivity contribution < 1.29 is 14.0 Å². The fraction of sp³-hybridized carbons (Fsp3) is 0.222. The molecule has 0 saturated carbocycles. The van der Waals surface area contributed by atoms with Crippen LogP contribution in [0.3, 0.4) is 0 Å². The molecule has 2 aliphatic rings. The average Bonchev–Trinajstić information content (AvgIpc) is 2.99. The van der Waals surface area contributed by atoms with Gasteiger partial charge in [0.05, 0.1) is 11.4 Å². The molecular formula is C18H16FN3O2. The number of halogens is 1. The number of amides is 2. The van der Waals surface area contributed by atoms with E-state index in [2.05, 4.69) is 10.6 Å². The Bertz CT molecular complexity index is 823. The van der Waals surface area contributed by atoms with Gasteiger partial charge < -0.3 is 15.5 Å². The molecule has 24 heavy (non-hydrogen) atoms. The van der Waals surface area contributed by atoms with Gasteiger partial charge in [-0.15, -0.1) is 0 Å². The summed E-state index contributed by atoms with van der Waals surface area (Å²) in [5.41, 5.74) is 2.03. The molecule has 0 spiro atoms. The number of carbonyl (C=O) groups excluding carboxylic acids is 2. The summed E-state index contributed by atoms with van der Waals surface area (Å²) in [5, 5.41) is 5.80. The molecule has 0 radical (unpaired) electrons. The number of rotatable bonds is 2. The second kappa shape index (κ2) is 5.63. The van der Waals surface area contributed by atoms with Crippen molar-refractivity contribution in [2.45, 2.75) is 18.5 Å². The fourth-order valence-electron chi connectivity index (χ4n) is 3.40. The highest BCUT2D eigenvalue weighted by Gasteiger charge is 2.41. The minimum absolute atomic E-state index is 0.0591. The molecule has 2 N–H and O–H groups in total. The molecule has 1 fully saturated rings. The van der Waals surface area contributed by atoms with Gasteiger partial charge in [0.15, 0.2) is 0 Å². The molecule has 2 aliphatic heterocycles. The molecule has 1 saturated heterocycles. The van der Waals surface area contributed by atoms with Crippen LogP contribution >= 0.6 is 0 Å². The summed E-state index contributed by atoms with van der Waals surface area (Å²) in [5.74, 6) is -0.830. The highest BCUT2D eigenvalue weighted by Crippen LogP contribution is 2.36. The number of anilines is 2. The van der Waals surface area contributed by atoms with Gasteiger partial charge in [0.2, 0.25) is 5.91 Å². The SMILES string of the molecule is O=C(NC1CC2C(=O)Nc3ccccc3N2C1)c1cccc(F)c1. The second-order valence-electron chi connectivity index (χ2n) is 6.09. The van der Waals surface area contributed by atoms with Gasteiger partial charge in [-0.25, -0.2) is 4.39 Å². The van der Waals surface area contributed by atoms with E-state index in [4.69, 9.17) is 0 Å². The minimum atomic E-state index is -0.445. The van der Waals surface area contributed by atoms with Crippen molar-refractivity contribution in [1.29, 1.82) is 0 Å². The van der Waals surface area contributed by atoms with Crippen LogP contribution < -0.4 is 15.5 Å². The molecule has 122 valence electrons. The Morgan fingerprint density at radius 1 is 1.21 bits per heavy atom. The molecule has 5 nitrogen and oxygen atoms in total. The zero-order valence-electron chi connectivity index (χ0n) is 12.8. The first kappa shape index (κ1) is 14.7. The lowest BCUT2D eigenvalue weighted by Crippen LogP contribution is -2.44. The van der Waals surface area contributed by atoms with Crippen LogP contribution in [-0.2, 0) is 4.79 Å². The zero-order chi connectivity index (χ0) is 16.7. The van der Waals surface area contributed by atoms with E-state index in [0.717, 1.165) is 11.4 Å². The normalized spacial score (nSPS) is 21.7. The number of hydrogen-bond donors (Lipinski definition) is 2. The molecule has 2 heterocycles. The van der Waals surface area contributed by atoms with Gasteiger partial charge in [0.1, 0.15) is 11.9 Å². The van der Waals surface area contributed by atoms with E-state index in [9.17, 15) is 14.0 Å². The number of nitrogens with zero attached hydrogens (tertiary/aromatic N) is 1. The van der Waals surface area contributed by atoms with Crippen LogP contribution in [0.5, 0.6) is 0 Å². The second-order valence-corrected chi connectivity index (χ2v) is 6.09. The molecule has 0 aromatic heterocycles. The minimum Gasteiger partial charge on any atom is -0.356 e. The monoisotopic (exact) mass is 325 g/mol. The summed E-state index contributed by atoms with van der Waals surface area (Å²) in [6.07, 6.45) is 0.529. The highest BCUT2D eigenvalue weighted by atomic mass is 19.1. The van der Waals surface area contributed by atoms with Gasteiger partial charge in [-0.05, 0) is 36.8 Å². The van der Waals surface area contributed by atoms with Gasteiger partial charge in [0, 0.05) is 18.2 Å². The number of fused-ring (bicyclic) bond motifs is 3. The summed E-state index contributed by atoms with van der Waals surface area (Å²) in [7, 11) is 0. The maximum atomic E-state index is 13.3. The maximum Gasteiger partial charge on any atom is 0.251 e. The Kier molecular flexibility index (Phi) is 3.45. The lowest BCUT2D eigenvalue weighted by atomic mass is 10.1. The Balaban J connectivity index is 1.52. The highest BCUT2D eigenvalue weighted by molar-refractivity contribution is 6.04. The predicted molar refractivity (Wildman–Crippen MR) is 88.5 cm³/mol. The first-order valence-corrected chi connectivity index (χ1v) is 7.85. The third-order valence-electron chi connectivity index (χ3n) is 4.50. The lowest BCUT2D eigenvalue weighted by Gasteiger charge is -2.32. The van der Waals surface area contributed by atoms with Gasteiger partial charge in [-0.2, -0.15) is 0 Å². The molecule has 2 aromatic rings. The Hall–Kier alpha value is -2.89. The summed E-state index contributed by atoms with van der Waals surface area (Å²) < 4.78 is 13.3. The van der Waals surface area contributed by atoms with Crippen LogP contribution in [0.25, 0.3) is 0 Å². The molecule has 2 unspecified atom stereocenters. The standard InChI is InChI=1S/C18H16FN3O2/c19-12-5-3-4-11(8-12)17(23)20-13-9-16-18(24)21-14-6-1-2-7-15(14)22(16)10-13/h1-8,13,16H,9-10H2,(H,20,23)(H,21,24). The molecule has 6 heteroatoms. The smallest absolute Gasteiger partial charge is 0.251 e. The van der Waals surface area contributed by atoms with E-state index < -0.39 is 5.82 Å². The fourth-order valence-corrected chi connectivity index (χ4v) is 3.40. The van der Waals surface area contributed by atoms with Crippen LogP contribution in [0.4, 0.5) is 15.8 Å².